The number of alkyl halides is 7. The first kappa shape index (κ1) is 54.0. The van der Waals surface area contributed by atoms with E-state index < -0.39 is 35.5 Å². The Bertz CT molecular complexity index is 2520. The quantitative estimate of drug-likeness (QED) is 0.0587. The lowest BCUT2D eigenvalue weighted by atomic mass is 9.99. The van der Waals surface area contributed by atoms with Gasteiger partial charge in [0.2, 0.25) is 0 Å². The normalized spacial score (nSPS) is 16.7. The molecule has 4 aromatic rings. The standard InChI is InChI=1S/C25H26F3N3O4.C14H17N3O.C11H10BrF3O3/c1-2-34-24(33)22(17-6-10-19(11-7-17)35-25(26,27)28)31-14-12-16(13-15-31)20-4-3-5-21(30-20)23(32)29-18-8-9-18;18-14(16-11-4-5-11)13-3-1-2-12(17-13)10-6-8-15-9-7-10;1-2-17-10(16)9(12)7-3-5-8(6-4-7)18-11(13,14)15/h3-7,10-12,18,22H,2,8-9,13-15H2,1H3,(H,29,32);1-3,6,11,15H,4-5,7-9H2,(H,16,18);3-6,9H,2H2,1H3. The molecule has 2 unspecified atom stereocenters. The average molecular weight is 1060 g/mol. The molecule has 380 valence electrons. The maximum absolute atomic E-state index is 12.8. The van der Waals surface area contributed by atoms with Crippen molar-refractivity contribution in [2.75, 3.05) is 39.4 Å². The predicted molar refractivity (Wildman–Crippen MR) is 253 cm³/mol. The van der Waals surface area contributed by atoms with Crippen molar-refractivity contribution in [1.82, 2.24) is 30.8 Å². The number of nitrogens with one attached hydrogen (secondary N) is 3. The first-order valence-electron chi connectivity index (χ1n) is 23.0. The molecule has 4 aliphatic rings. The van der Waals surface area contributed by atoms with E-state index in [4.69, 9.17) is 9.47 Å². The minimum Gasteiger partial charge on any atom is -0.465 e. The van der Waals surface area contributed by atoms with Crippen molar-refractivity contribution < 1.29 is 64.5 Å². The van der Waals surface area contributed by atoms with Gasteiger partial charge in [0.25, 0.3) is 11.8 Å². The van der Waals surface area contributed by atoms with E-state index in [0.717, 1.165) is 68.6 Å². The van der Waals surface area contributed by atoms with Crippen LogP contribution in [0.15, 0.2) is 97.1 Å². The van der Waals surface area contributed by atoms with Gasteiger partial charge in [0.1, 0.15) is 33.8 Å². The molecular formula is C50H53BrF6N6O8. The lowest BCUT2D eigenvalue weighted by molar-refractivity contribution is -0.275. The third-order valence-corrected chi connectivity index (χ3v) is 11.9. The minimum atomic E-state index is -4.79. The largest absolute Gasteiger partial charge is 0.573 e. The number of amides is 2. The Hall–Kier alpha value is -6.32. The highest BCUT2D eigenvalue weighted by atomic mass is 79.9. The van der Waals surface area contributed by atoms with E-state index >= 15 is 0 Å². The van der Waals surface area contributed by atoms with E-state index in [0.29, 0.717) is 53.8 Å². The van der Waals surface area contributed by atoms with Gasteiger partial charge in [-0.05, 0) is 130 Å². The number of esters is 2. The molecule has 2 amide bonds. The molecule has 0 radical (unpaired) electrons. The summed E-state index contributed by atoms with van der Waals surface area (Å²) in [6.07, 6.45) is 0.308. The van der Waals surface area contributed by atoms with Crippen LogP contribution in [0, 0.1) is 0 Å². The van der Waals surface area contributed by atoms with Crippen molar-refractivity contribution in [2.45, 2.75) is 88.0 Å². The van der Waals surface area contributed by atoms with Crippen LogP contribution in [-0.4, -0.2) is 103 Å². The zero-order valence-corrected chi connectivity index (χ0v) is 40.4. The number of benzene rings is 2. The summed E-state index contributed by atoms with van der Waals surface area (Å²) < 4.78 is 90.9. The maximum atomic E-state index is 12.8. The van der Waals surface area contributed by atoms with Crippen LogP contribution in [0.1, 0.15) is 107 Å². The zero-order chi connectivity index (χ0) is 51.1. The highest BCUT2D eigenvalue weighted by Gasteiger charge is 2.34. The maximum Gasteiger partial charge on any atom is 0.573 e. The Morgan fingerprint density at radius 2 is 1.15 bits per heavy atom. The van der Waals surface area contributed by atoms with Crippen LogP contribution in [0.25, 0.3) is 11.1 Å². The number of ether oxygens (including phenoxy) is 4. The van der Waals surface area contributed by atoms with Crippen LogP contribution in [0.5, 0.6) is 11.5 Å². The van der Waals surface area contributed by atoms with Gasteiger partial charge in [-0.2, -0.15) is 0 Å². The van der Waals surface area contributed by atoms with Crippen molar-refractivity contribution in [2.24, 2.45) is 0 Å². The molecule has 2 atom stereocenters. The Kier molecular flexibility index (Phi) is 19.2. The molecule has 3 N–H and O–H groups in total. The third-order valence-electron chi connectivity index (χ3n) is 11.0. The second kappa shape index (κ2) is 25.2. The topological polar surface area (TPSA) is 170 Å². The van der Waals surface area contributed by atoms with Gasteiger partial charge >= 0.3 is 24.7 Å². The van der Waals surface area contributed by atoms with Gasteiger partial charge < -0.3 is 34.9 Å². The Balaban J connectivity index is 0.000000192. The Labute approximate surface area is 414 Å². The summed E-state index contributed by atoms with van der Waals surface area (Å²) in [5.41, 5.74) is 5.71. The van der Waals surface area contributed by atoms with Gasteiger partial charge in [-0.1, -0.05) is 64.5 Å². The van der Waals surface area contributed by atoms with Gasteiger partial charge in [0.15, 0.2) is 0 Å². The average Bonchev–Trinajstić information content (AvgIpc) is 4.31. The highest BCUT2D eigenvalue weighted by molar-refractivity contribution is 9.09. The van der Waals surface area contributed by atoms with E-state index in [-0.39, 0.29) is 42.6 Å². The number of carbonyl (C=O) groups is 4. The third kappa shape index (κ3) is 17.5. The highest BCUT2D eigenvalue weighted by Crippen LogP contribution is 2.32. The first-order valence-corrected chi connectivity index (χ1v) is 23.9. The van der Waals surface area contributed by atoms with Crippen LogP contribution < -0.4 is 25.4 Å². The molecule has 14 nitrogen and oxygen atoms in total. The summed E-state index contributed by atoms with van der Waals surface area (Å²) >= 11 is 3.10. The monoisotopic (exact) mass is 1060 g/mol. The van der Waals surface area contributed by atoms with Crippen molar-refractivity contribution in [3.05, 3.63) is 131 Å². The Morgan fingerprint density at radius 1 is 0.676 bits per heavy atom. The Morgan fingerprint density at radius 3 is 1.58 bits per heavy atom. The van der Waals surface area contributed by atoms with E-state index in [1.807, 2.05) is 29.2 Å². The van der Waals surface area contributed by atoms with Crippen LogP contribution in [-0.2, 0) is 19.1 Å². The van der Waals surface area contributed by atoms with Gasteiger partial charge in [0, 0.05) is 31.7 Å². The fraction of sp³-hybridized carbons (Fsp3) is 0.400. The molecule has 8 rings (SSSR count). The molecule has 2 saturated carbocycles. The van der Waals surface area contributed by atoms with E-state index in [9.17, 15) is 45.5 Å². The molecule has 0 spiro atoms. The SMILES string of the molecule is CCOC(=O)C(Br)c1ccc(OC(F)(F)F)cc1.CCOC(=O)C(c1ccc(OC(F)(F)F)cc1)N1CC=C(c2cccc(C(=O)NC3CC3)n2)CC1.O=C(NC1CC1)c1cccc(C2=CCNCC2)n1. The van der Waals surface area contributed by atoms with E-state index in [1.165, 1.54) is 42.0 Å². The summed E-state index contributed by atoms with van der Waals surface area (Å²) in [6, 6.07) is 21.0. The van der Waals surface area contributed by atoms with Crippen molar-refractivity contribution in [3.63, 3.8) is 0 Å². The number of nitrogens with zero attached hydrogens (tertiary/aromatic N) is 3. The zero-order valence-electron chi connectivity index (χ0n) is 38.8. The van der Waals surface area contributed by atoms with Crippen molar-refractivity contribution in [3.8, 4) is 11.5 Å². The van der Waals surface area contributed by atoms with Gasteiger partial charge in [-0.3, -0.25) is 19.3 Å². The number of carbonyl (C=O) groups excluding carboxylic acids is 4. The minimum absolute atomic E-state index is 0.0473. The predicted octanol–water partition coefficient (Wildman–Crippen LogP) is 9.20. The smallest absolute Gasteiger partial charge is 0.465 e. The van der Waals surface area contributed by atoms with E-state index in [2.05, 4.69) is 57.4 Å². The lowest BCUT2D eigenvalue weighted by Gasteiger charge is -2.32. The second-order valence-electron chi connectivity index (χ2n) is 16.5. The van der Waals surface area contributed by atoms with Crippen LogP contribution in [0.4, 0.5) is 26.3 Å². The van der Waals surface area contributed by atoms with Gasteiger partial charge in [-0.25, -0.2) is 14.8 Å². The molecule has 2 aliphatic heterocycles. The van der Waals surface area contributed by atoms with E-state index in [1.54, 1.807) is 32.0 Å². The number of hydrogen-bond acceptors (Lipinski definition) is 12. The second-order valence-corrected chi connectivity index (χ2v) is 17.4. The molecule has 2 fully saturated rings. The van der Waals surface area contributed by atoms with Crippen LogP contribution in [0.2, 0.25) is 0 Å². The number of pyridine rings is 2. The van der Waals surface area contributed by atoms with Crippen molar-refractivity contribution >= 4 is 50.8 Å². The molecular weight excluding hydrogens is 1010 g/mol. The molecule has 2 aliphatic carbocycles. The van der Waals surface area contributed by atoms with Crippen LogP contribution >= 0.6 is 15.9 Å². The molecule has 4 heterocycles. The summed E-state index contributed by atoms with van der Waals surface area (Å²) in [5, 5.41) is 9.17. The number of halogens is 7. The summed E-state index contributed by atoms with van der Waals surface area (Å²) in [6.45, 7) is 6.53. The van der Waals surface area contributed by atoms with Crippen molar-refractivity contribution in [1.29, 1.82) is 0 Å². The molecule has 21 heteroatoms. The van der Waals surface area contributed by atoms with Gasteiger partial charge in [-0.15, -0.1) is 26.3 Å². The summed E-state index contributed by atoms with van der Waals surface area (Å²) in [5.74, 6) is -1.91. The fourth-order valence-corrected chi connectivity index (χ4v) is 7.66. The molecule has 0 saturated heterocycles. The number of aromatic nitrogens is 2. The molecule has 2 aromatic heterocycles. The summed E-state index contributed by atoms with van der Waals surface area (Å²) in [4.78, 5) is 58.6. The molecule has 0 bridgehead atoms. The molecule has 71 heavy (non-hydrogen) atoms. The summed E-state index contributed by atoms with van der Waals surface area (Å²) in [7, 11) is 0. The van der Waals surface area contributed by atoms with Gasteiger partial charge in [0.05, 0.1) is 24.6 Å². The number of hydrogen-bond donors (Lipinski definition) is 3. The number of rotatable bonds is 15. The van der Waals surface area contributed by atoms with Crippen LogP contribution in [0.3, 0.4) is 0 Å². The lowest BCUT2D eigenvalue weighted by Crippen LogP contribution is -2.38. The first-order chi connectivity index (χ1) is 33.9. The fourth-order valence-electron chi connectivity index (χ4n) is 7.22. The molecule has 2 aromatic carbocycles.